The van der Waals surface area contributed by atoms with Gasteiger partial charge in [-0.2, -0.15) is 0 Å². The lowest BCUT2D eigenvalue weighted by Gasteiger charge is -2.12. The number of ketones is 1. The van der Waals surface area contributed by atoms with Gasteiger partial charge in [0.1, 0.15) is 0 Å². The molecule has 0 unspecified atom stereocenters. The Morgan fingerprint density at radius 2 is 1.82 bits per heavy atom. The van der Waals surface area contributed by atoms with Crippen LogP contribution >= 0.6 is 0 Å². The van der Waals surface area contributed by atoms with Gasteiger partial charge in [-0.15, -0.1) is 0 Å². The number of amides is 1. The number of nitrogens with two attached hydrogens (primary N) is 1. The predicted molar refractivity (Wildman–Crippen MR) is 68.2 cm³/mol. The molecule has 3 N–H and O–H groups in total. The van der Waals surface area contributed by atoms with Crippen molar-refractivity contribution in [3.63, 3.8) is 0 Å². The van der Waals surface area contributed by atoms with Crippen LogP contribution in [0.2, 0.25) is 0 Å². The standard InChI is InChI=1S/C13H18N2O2/c1-4-12(16)10-5-8(2)9(3)6-11(10)15-7-13(14)17/h5-6,15H,4,7H2,1-3H3,(H2,14,17). The molecule has 92 valence electrons. The summed E-state index contributed by atoms with van der Waals surface area (Å²) >= 11 is 0. The molecule has 0 radical (unpaired) electrons. The number of anilines is 1. The topological polar surface area (TPSA) is 72.2 Å². The maximum absolute atomic E-state index is 11.8. The van der Waals surface area contributed by atoms with Crippen molar-refractivity contribution in [2.45, 2.75) is 27.2 Å². The fraction of sp³-hybridized carbons (Fsp3) is 0.385. The average molecular weight is 234 g/mol. The minimum atomic E-state index is -0.446. The van der Waals surface area contributed by atoms with Gasteiger partial charge in [-0.3, -0.25) is 9.59 Å². The molecule has 0 saturated carbocycles. The molecule has 0 atom stereocenters. The SMILES string of the molecule is CCC(=O)c1cc(C)c(C)cc1NCC(N)=O. The first-order valence-electron chi connectivity index (χ1n) is 5.62. The summed E-state index contributed by atoms with van der Waals surface area (Å²) in [5, 5.41) is 2.90. The Kier molecular flexibility index (Phi) is 4.26. The van der Waals surface area contributed by atoms with Crippen molar-refractivity contribution in [1.29, 1.82) is 0 Å². The van der Waals surface area contributed by atoms with Crippen molar-refractivity contribution in [3.05, 3.63) is 28.8 Å². The van der Waals surface area contributed by atoms with Crippen LogP contribution in [0.3, 0.4) is 0 Å². The van der Waals surface area contributed by atoms with E-state index in [4.69, 9.17) is 5.73 Å². The molecule has 0 spiro atoms. The van der Waals surface area contributed by atoms with E-state index in [1.807, 2.05) is 32.9 Å². The summed E-state index contributed by atoms with van der Waals surface area (Å²) in [4.78, 5) is 22.5. The summed E-state index contributed by atoms with van der Waals surface area (Å²) in [7, 11) is 0. The van der Waals surface area contributed by atoms with Crippen molar-refractivity contribution in [1.82, 2.24) is 0 Å². The number of rotatable bonds is 5. The number of nitrogens with one attached hydrogen (secondary N) is 1. The Morgan fingerprint density at radius 3 is 2.35 bits per heavy atom. The monoisotopic (exact) mass is 234 g/mol. The molecule has 0 aromatic heterocycles. The Labute approximate surface area is 101 Å². The van der Waals surface area contributed by atoms with Crippen LogP contribution in [0, 0.1) is 13.8 Å². The van der Waals surface area contributed by atoms with Gasteiger partial charge in [0, 0.05) is 17.7 Å². The third-order valence-electron chi connectivity index (χ3n) is 2.71. The zero-order valence-electron chi connectivity index (χ0n) is 10.5. The van der Waals surface area contributed by atoms with E-state index >= 15 is 0 Å². The first-order chi connectivity index (χ1) is 7.95. The number of carbonyl (C=O) groups is 2. The number of Topliss-reactive ketones (excluding diaryl/α,β-unsaturated/α-hetero) is 1. The molecule has 17 heavy (non-hydrogen) atoms. The Morgan fingerprint density at radius 1 is 1.24 bits per heavy atom. The Hall–Kier alpha value is -1.84. The number of primary amides is 1. The molecule has 1 aromatic rings. The smallest absolute Gasteiger partial charge is 0.236 e. The Bertz CT molecular complexity index is 453. The third-order valence-corrected chi connectivity index (χ3v) is 2.71. The zero-order valence-corrected chi connectivity index (χ0v) is 10.5. The molecule has 0 saturated heterocycles. The summed E-state index contributed by atoms with van der Waals surface area (Å²) in [6.07, 6.45) is 0.438. The number of benzene rings is 1. The second-order valence-electron chi connectivity index (χ2n) is 4.08. The van der Waals surface area contributed by atoms with E-state index in [9.17, 15) is 9.59 Å². The van der Waals surface area contributed by atoms with E-state index in [0.717, 1.165) is 11.1 Å². The largest absolute Gasteiger partial charge is 0.376 e. The van der Waals surface area contributed by atoms with Gasteiger partial charge in [0.2, 0.25) is 5.91 Å². The van der Waals surface area contributed by atoms with Crippen LogP contribution in [0.5, 0.6) is 0 Å². The van der Waals surface area contributed by atoms with Gasteiger partial charge in [0.05, 0.1) is 6.54 Å². The number of hydrogen-bond acceptors (Lipinski definition) is 3. The minimum absolute atomic E-state index is 0.0342. The van der Waals surface area contributed by atoms with E-state index in [1.54, 1.807) is 0 Å². The summed E-state index contributed by atoms with van der Waals surface area (Å²) < 4.78 is 0. The van der Waals surface area contributed by atoms with Gasteiger partial charge in [-0.1, -0.05) is 6.92 Å². The van der Waals surface area contributed by atoms with E-state index in [0.29, 0.717) is 17.7 Å². The molecule has 0 fully saturated rings. The zero-order chi connectivity index (χ0) is 13.0. The highest BCUT2D eigenvalue weighted by Crippen LogP contribution is 2.22. The van der Waals surface area contributed by atoms with Gasteiger partial charge in [0.15, 0.2) is 5.78 Å². The maximum Gasteiger partial charge on any atom is 0.236 e. The van der Waals surface area contributed by atoms with Crippen molar-refractivity contribution in [3.8, 4) is 0 Å². The lowest BCUT2D eigenvalue weighted by molar-refractivity contribution is -0.116. The molecule has 4 heteroatoms. The highest BCUT2D eigenvalue weighted by molar-refractivity contribution is 6.01. The average Bonchev–Trinajstić information content (AvgIpc) is 2.29. The molecular weight excluding hydrogens is 216 g/mol. The fourth-order valence-electron chi connectivity index (χ4n) is 1.57. The molecule has 1 rings (SSSR count). The lowest BCUT2D eigenvalue weighted by atomic mass is 10.00. The first-order valence-corrected chi connectivity index (χ1v) is 5.62. The maximum atomic E-state index is 11.8. The quantitative estimate of drug-likeness (QED) is 0.763. The van der Waals surface area contributed by atoms with Crippen LogP contribution in [0.25, 0.3) is 0 Å². The molecule has 1 amide bonds. The minimum Gasteiger partial charge on any atom is -0.376 e. The molecule has 0 aliphatic rings. The van der Waals surface area contributed by atoms with Gasteiger partial charge in [-0.05, 0) is 37.1 Å². The number of carbonyl (C=O) groups excluding carboxylic acids is 2. The van der Waals surface area contributed by atoms with Crippen molar-refractivity contribution >= 4 is 17.4 Å². The fourth-order valence-corrected chi connectivity index (χ4v) is 1.57. The predicted octanol–water partition coefficient (Wildman–Crippen LogP) is 1.79. The highest BCUT2D eigenvalue weighted by Gasteiger charge is 2.11. The molecule has 0 bridgehead atoms. The number of hydrogen-bond donors (Lipinski definition) is 2. The van der Waals surface area contributed by atoms with Crippen molar-refractivity contribution < 1.29 is 9.59 Å². The summed E-state index contributed by atoms with van der Waals surface area (Å²) in [5.74, 6) is -0.391. The molecular formula is C13H18N2O2. The second kappa shape index (κ2) is 5.48. The Balaban J connectivity index is 3.11. The molecule has 1 aromatic carbocycles. The molecule has 0 aliphatic heterocycles. The second-order valence-corrected chi connectivity index (χ2v) is 4.08. The van der Waals surface area contributed by atoms with Crippen LogP contribution < -0.4 is 11.1 Å². The van der Waals surface area contributed by atoms with Crippen LogP contribution in [-0.4, -0.2) is 18.2 Å². The van der Waals surface area contributed by atoms with E-state index in [2.05, 4.69) is 5.32 Å². The van der Waals surface area contributed by atoms with Gasteiger partial charge < -0.3 is 11.1 Å². The molecule has 0 aliphatic carbocycles. The van der Waals surface area contributed by atoms with Crippen LogP contribution in [0.15, 0.2) is 12.1 Å². The summed E-state index contributed by atoms with van der Waals surface area (Å²) in [6, 6.07) is 3.73. The van der Waals surface area contributed by atoms with E-state index < -0.39 is 5.91 Å². The van der Waals surface area contributed by atoms with Gasteiger partial charge in [0.25, 0.3) is 0 Å². The highest BCUT2D eigenvalue weighted by atomic mass is 16.1. The number of aryl methyl sites for hydroxylation is 2. The van der Waals surface area contributed by atoms with Gasteiger partial charge in [-0.25, -0.2) is 0 Å². The van der Waals surface area contributed by atoms with Crippen LogP contribution in [0.1, 0.15) is 34.8 Å². The van der Waals surface area contributed by atoms with Crippen molar-refractivity contribution in [2.24, 2.45) is 5.73 Å². The third kappa shape index (κ3) is 3.31. The summed E-state index contributed by atoms with van der Waals surface area (Å²) in [6.45, 7) is 5.77. The molecule has 4 nitrogen and oxygen atoms in total. The normalized spacial score (nSPS) is 10.1. The first kappa shape index (κ1) is 13.2. The van der Waals surface area contributed by atoms with E-state index in [-0.39, 0.29) is 12.3 Å². The lowest BCUT2D eigenvalue weighted by Crippen LogP contribution is -2.22. The van der Waals surface area contributed by atoms with Crippen LogP contribution in [-0.2, 0) is 4.79 Å². The van der Waals surface area contributed by atoms with E-state index in [1.165, 1.54) is 0 Å². The summed E-state index contributed by atoms with van der Waals surface area (Å²) in [5.41, 5.74) is 8.52. The van der Waals surface area contributed by atoms with Gasteiger partial charge >= 0.3 is 0 Å². The van der Waals surface area contributed by atoms with Crippen molar-refractivity contribution in [2.75, 3.05) is 11.9 Å². The van der Waals surface area contributed by atoms with Crippen LogP contribution in [0.4, 0.5) is 5.69 Å². The molecule has 0 heterocycles.